The molecule has 1 N–H and O–H groups in total. The van der Waals surface area contributed by atoms with E-state index in [0.717, 1.165) is 35.4 Å². The highest BCUT2D eigenvalue weighted by molar-refractivity contribution is 6.00. The number of ether oxygens (including phenoxy) is 2. The minimum Gasteiger partial charge on any atom is -0.490 e. The normalized spacial score (nSPS) is 20.0. The summed E-state index contributed by atoms with van der Waals surface area (Å²) in [4.78, 5) is 17.5. The predicted octanol–water partition coefficient (Wildman–Crippen LogP) is 4.12. The minimum atomic E-state index is -0.327. The maximum absolute atomic E-state index is 13.2. The van der Waals surface area contributed by atoms with E-state index in [1.54, 1.807) is 4.68 Å². The molecule has 2 aliphatic rings. The molecule has 1 aromatic heterocycles. The van der Waals surface area contributed by atoms with Crippen LogP contribution in [0.2, 0.25) is 0 Å². The molecule has 0 saturated heterocycles. The Bertz CT molecular complexity index is 961. The van der Waals surface area contributed by atoms with Crippen molar-refractivity contribution in [3.8, 4) is 11.5 Å². The SMILES string of the molecule is CCCOc1ccc(C2C3=C(CC(C)(C)CC3=O)Nc3ncnn32)cc1OCC. The van der Waals surface area contributed by atoms with Gasteiger partial charge in [-0.3, -0.25) is 4.79 Å². The Morgan fingerprint density at radius 1 is 1.21 bits per heavy atom. The van der Waals surface area contributed by atoms with Crippen molar-refractivity contribution in [3.63, 3.8) is 0 Å². The molecule has 0 radical (unpaired) electrons. The van der Waals surface area contributed by atoms with Crippen molar-refractivity contribution in [3.05, 3.63) is 41.4 Å². The maximum Gasteiger partial charge on any atom is 0.226 e. The summed E-state index contributed by atoms with van der Waals surface area (Å²) in [5, 5.41) is 7.74. The van der Waals surface area contributed by atoms with Crippen LogP contribution in [0, 0.1) is 5.41 Å². The molecular weight excluding hydrogens is 368 g/mol. The zero-order valence-electron chi connectivity index (χ0n) is 17.5. The Balaban J connectivity index is 1.81. The fraction of sp³-hybridized carbons (Fsp3) is 0.500. The van der Waals surface area contributed by atoms with E-state index in [1.807, 2.05) is 25.1 Å². The molecule has 1 aliphatic carbocycles. The van der Waals surface area contributed by atoms with Gasteiger partial charge in [-0.2, -0.15) is 10.1 Å². The van der Waals surface area contributed by atoms with Gasteiger partial charge in [0.25, 0.3) is 0 Å². The molecule has 154 valence electrons. The number of nitrogens with zero attached hydrogens (tertiary/aromatic N) is 3. The quantitative estimate of drug-likeness (QED) is 0.791. The van der Waals surface area contributed by atoms with Crippen molar-refractivity contribution in [1.82, 2.24) is 14.8 Å². The van der Waals surface area contributed by atoms with Crippen molar-refractivity contribution >= 4 is 11.7 Å². The first-order valence-electron chi connectivity index (χ1n) is 10.3. The molecule has 0 bridgehead atoms. The summed E-state index contributed by atoms with van der Waals surface area (Å²) in [6.45, 7) is 9.43. The molecule has 4 rings (SSSR count). The predicted molar refractivity (Wildman–Crippen MR) is 110 cm³/mol. The van der Waals surface area contributed by atoms with Crippen LogP contribution in [-0.2, 0) is 4.79 Å². The summed E-state index contributed by atoms with van der Waals surface area (Å²) < 4.78 is 13.5. The van der Waals surface area contributed by atoms with Crippen LogP contribution in [0.1, 0.15) is 58.6 Å². The van der Waals surface area contributed by atoms with Crippen molar-refractivity contribution in [2.75, 3.05) is 18.5 Å². The van der Waals surface area contributed by atoms with Gasteiger partial charge in [-0.1, -0.05) is 26.8 Å². The molecular formula is C22H28N4O3. The van der Waals surface area contributed by atoms with Gasteiger partial charge in [0, 0.05) is 17.7 Å². The zero-order chi connectivity index (χ0) is 20.6. The second-order valence-electron chi connectivity index (χ2n) is 8.38. The molecule has 0 fully saturated rings. The van der Waals surface area contributed by atoms with E-state index in [2.05, 4.69) is 36.2 Å². The van der Waals surface area contributed by atoms with Gasteiger partial charge in [-0.05, 0) is 42.9 Å². The van der Waals surface area contributed by atoms with E-state index >= 15 is 0 Å². The van der Waals surface area contributed by atoms with Crippen molar-refractivity contribution in [2.45, 2.75) is 53.0 Å². The van der Waals surface area contributed by atoms with Crippen LogP contribution in [0.3, 0.4) is 0 Å². The van der Waals surface area contributed by atoms with Gasteiger partial charge in [0.15, 0.2) is 17.3 Å². The summed E-state index contributed by atoms with van der Waals surface area (Å²) in [7, 11) is 0. The summed E-state index contributed by atoms with van der Waals surface area (Å²) in [5.74, 6) is 2.21. The van der Waals surface area contributed by atoms with Crippen LogP contribution in [0.4, 0.5) is 5.95 Å². The lowest BCUT2D eigenvalue weighted by Gasteiger charge is -2.38. The molecule has 0 saturated carbocycles. The summed E-state index contributed by atoms with van der Waals surface area (Å²) >= 11 is 0. The number of aromatic nitrogens is 3. The largest absolute Gasteiger partial charge is 0.490 e. The fourth-order valence-electron chi connectivity index (χ4n) is 4.15. The Morgan fingerprint density at radius 3 is 2.79 bits per heavy atom. The number of carbonyl (C=O) groups is 1. The first-order valence-corrected chi connectivity index (χ1v) is 10.3. The third-order valence-corrected chi connectivity index (χ3v) is 5.32. The third kappa shape index (κ3) is 3.61. The van der Waals surface area contributed by atoms with Crippen LogP contribution < -0.4 is 14.8 Å². The number of ketones is 1. The number of carbonyl (C=O) groups excluding carboxylic acids is 1. The Kier molecular flexibility index (Phi) is 5.06. The average Bonchev–Trinajstić information content (AvgIpc) is 3.12. The maximum atomic E-state index is 13.2. The van der Waals surface area contributed by atoms with Crippen LogP contribution in [0.15, 0.2) is 35.8 Å². The molecule has 1 aromatic carbocycles. The van der Waals surface area contributed by atoms with Gasteiger partial charge in [0.2, 0.25) is 5.95 Å². The highest BCUT2D eigenvalue weighted by Crippen LogP contribution is 2.46. The fourth-order valence-corrected chi connectivity index (χ4v) is 4.15. The number of hydrogen-bond donors (Lipinski definition) is 1. The monoisotopic (exact) mass is 396 g/mol. The number of Topliss-reactive ketones (excluding diaryl/α,β-unsaturated/α-hetero) is 1. The van der Waals surface area contributed by atoms with E-state index in [1.165, 1.54) is 6.33 Å². The average molecular weight is 396 g/mol. The van der Waals surface area contributed by atoms with Gasteiger partial charge in [0.1, 0.15) is 12.4 Å². The molecule has 2 heterocycles. The smallest absolute Gasteiger partial charge is 0.226 e. The number of nitrogens with one attached hydrogen (secondary N) is 1. The van der Waals surface area contributed by atoms with Crippen LogP contribution in [-0.4, -0.2) is 33.8 Å². The first kappa shape index (κ1) is 19.5. The van der Waals surface area contributed by atoms with Crippen molar-refractivity contribution < 1.29 is 14.3 Å². The molecule has 29 heavy (non-hydrogen) atoms. The topological polar surface area (TPSA) is 78.3 Å². The van der Waals surface area contributed by atoms with E-state index in [4.69, 9.17) is 9.47 Å². The molecule has 1 unspecified atom stereocenters. The molecule has 7 heteroatoms. The summed E-state index contributed by atoms with van der Waals surface area (Å²) in [5.41, 5.74) is 2.57. The van der Waals surface area contributed by atoms with Gasteiger partial charge in [0.05, 0.1) is 13.2 Å². The highest BCUT2D eigenvalue weighted by atomic mass is 16.5. The highest BCUT2D eigenvalue weighted by Gasteiger charge is 2.41. The lowest BCUT2D eigenvalue weighted by Crippen LogP contribution is -2.36. The van der Waals surface area contributed by atoms with E-state index < -0.39 is 0 Å². The standard InChI is InChI=1S/C22H28N4O3/c1-5-9-29-17-8-7-14(10-18(17)28-6-2)20-19-15(11-22(3,4)12-16(19)27)25-21-23-13-24-26(20)21/h7-8,10,13,20H,5-6,9,11-12H2,1-4H3,(H,23,24,25). The molecule has 0 spiro atoms. The third-order valence-electron chi connectivity index (χ3n) is 5.32. The van der Waals surface area contributed by atoms with Gasteiger partial charge in [-0.15, -0.1) is 0 Å². The second kappa shape index (κ2) is 7.54. The first-order chi connectivity index (χ1) is 13.9. The van der Waals surface area contributed by atoms with Gasteiger partial charge < -0.3 is 14.8 Å². The van der Waals surface area contributed by atoms with Crippen molar-refractivity contribution in [2.24, 2.45) is 5.41 Å². The minimum absolute atomic E-state index is 0.0794. The van der Waals surface area contributed by atoms with Gasteiger partial charge in [-0.25, -0.2) is 4.68 Å². The molecule has 2 aromatic rings. The molecule has 1 atom stereocenters. The number of benzene rings is 1. The Labute approximate surface area is 171 Å². The zero-order valence-corrected chi connectivity index (χ0v) is 17.5. The summed E-state index contributed by atoms with van der Waals surface area (Å²) in [6.07, 6.45) is 3.76. The molecule has 7 nitrogen and oxygen atoms in total. The van der Waals surface area contributed by atoms with Gasteiger partial charge >= 0.3 is 0 Å². The number of fused-ring (bicyclic) bond motifs is 1. The van der Waals surface area contributed by atoms with Crippen molar-refractivity contribution in [1.29, 1.82) is 0 Å². The number of anilines is 1. The number of rotatable bonds is 6. The van der Waals surface area contributed by atoms with Crippen LogP contribution in [0.25, 0.3) is 0 Å². The van der Waals surface area contributed by atoms with E-state index in [9.17, 15) is 4.79 Å². The Morgan fingerprint density at radius 2 is 2.03 bits per heavy atom. The molecule has 1 aliphatic heterocycles. The van der Waals surface area contributed by atoms with Crippen LogP contribution in [0.5, 0.6) is 11.5 Å². The number of hydrogen-bond acceptors (Lipinski definition) is 6. The van der Waals surface area contributed by atoms with E-state index in [-0.39, 0.29) is 17.2 Å². The Hall–Kier alpha value is -2.83. The number of allylic oxidation sites excluding steroid dienone is 2. The van der Waals surface area contributed by atoms with E-state index in [0.29, 0.717) is 31.3 Å². The molecule has 0 amide bonds. The summed E-state index contributed by atoms with van der Waals surface area (Å²) in [6, 6.07) is 5.55. The lowest BCUT2D eigenvalue weighted by molar-refractivity contribution is -0.118. The second-order valence-corrected chi connectivity index (χ2v) is 8.38. The van der Waals surface area contributed by atoms with Crippen LogP contribution >= 0.6 is 0 Å². The lowest BCUT2D eigenvalue weighted by atomic mass is 9.73.